The van der Waals surface area contributed by atoms with Crippen LogP contribution in [-0.4, -0.2) is 23.4 Å². The monoisotopic (exact) mass is 355 g/mol. The Kier molecular flexibility index (Phi) is 4.98. The highest BCUT2D eigenvalue weighted by atomic mass is 35.5. The molecule has 3 nitrogen and oxygen atoms in total. The highest BCUT2D eigenvalue weighted by molar-refractivity contribution is 6.22. The van der Waals surface area contributed by atoms with Gasteiger partial charge < -0.3 is 0 Å². The number of carbonyl (C=O) groups is 1. The van der Waals surface area contributed by atoms with E-state index in [1.165, 1.54) is 4.42 Å². The number of para-hydroxylation sites is 1. The van der Waals surface area contributed by atoms with Gasteiger partial charge in [-0.3, -0.25) is 9.28 Å². The minimum absolute atomic E-state index is 0.0172. The summed E-state index contributed by atoms with van der Waals surface area (Å²) in [6.07, 6.45) is 4.99. The maximum Gasteiger partial charge on any atom is 0.301 e. The van der Waals surface area contributed by atoms with Crippen LogP contribution in [0.25, 0.3) is 6.08 Å². The first-order chi connectivity index (χ1) is 12.0. The Morgan fingerprint density at radius 1 is 1.16 bits per heavy atom. The summed E-state index contributed by atoms with van der Waals surface area (Å²) in [6, 6.07) is 17.7. The summed E-state index contributed by atoms with van der Waals surface area (Å²) in [4.78, 5) is 13.4. The van der Waals surface area contributed by atoms with E-state index in [9.17, 15) is 4.79 Å². The second-order valence-corrected chi connectivity index (χ2v) is 7.10. The molecule has 2 aromatic carbocycles. The van der Waals surface area contributed by atoms with Crippen molar-refractivity contribution in [2.75, 3.05) is 7.05 Å². The van der Waals surface area contributed by atoms with E-state index in [2.05, 4.69) is 31.5 Å². The molecule has 3 unspecified atom stereocenters. The maximum atomic E-state index is 13.4. The zero-order valence-corrected chi connectivity index (χ0v) is 15.6. The maximum absolute atomic E-state index is 13.4. The highest BCUT2D eigenvalue weighted by Gasteiger charge is 2.45. The van der Waals surface area contributed by atoms with E-state index in [-0.39, 0.29) is 11.9 Å². The lowest BCUT2D eigenvalue weighted by Crippen LogP contribution is -2.52. The topological polar surface area (TPSA) is 20.3 Å². The molecule has 0 fully saturated rings. The first-order valence-electron chi connectivity index (χ1n) is 8.67. The van der Waals surface area contributed by atoms with E-state index in [4.69, 9.17) is 11.8 Å². The van der Waals surface area contributed by atoms with Crippen LogP contribution in [0.3, 0.4) is 0 Å². The van der Waals surface area contributed by atoms with E-state index < -0.39 is 6.04 Å². The largest absolute Gasteiger partial charge is 0.301 e. The lowest BCUT2D eigenvalue weighted by Gasteiger charge is -2.41. The Bertz CT molecular complexity index is 789. The summed E-state index contributed by atoms with van der Waals surface area (Å²) in [5.74, 6) is -0.0702. The fourth-order valence-corrected chi connectivity index (χ4v) is 3.59. The number of likely N-dealkylation sites (N-methyl/N-ethyl adjacent to an activating group) is 1. The molecule has 0 saturated heterocycles. The summed E-state index contributed by atoms with van der Waals surface area (Å²) < 4.78 is 1.75. The van der Waals surface area contributed by atoms with Gasteiger partial charge in [-0.2, -0.15) is 0 Å². The molecule has 3 rings (SSSR count). The van der Waals surface area contributed by atoms with Crippen molar-refractivity contribution in [2.45, 2.75) is 32.4 Å². The van der Waals surface area contributed by atoms with Crippen molar-refractivity contribution >= 4 is 29.4 Å². The molecular weight excluding hydrogens is 332 g/mol. The lowest BCUT2D eigenvalue weighted by molar-refractivity contribution is -0.132. The zero-order chi connectivity index (χ0) is 18.0. The van der Waals surface area contributed by atoms with Gasteiger partial charge in [0, 0.05) is 23.4 Å². The van der Waals surface area contributed by atoms with Gasteiger partial charge in [-0.05, 0) is 37.1 Å². The average molecular weight is 356 g/mol. The van der Waals surface area contributed by atoms with Gasteiger partial charge in [-0.15, -0.1) is 0 Å². The number of halogens is 1. The summed E-state index contributed by atoms with van der Waals surface area (Å²) in [5, 5.41) is 0. The van der Waals surface area contributed by atoms with E-state index >= 15 is 0 Å². The Morgan fingerprint density at radius 3 is 2.48 bits per heavy atom. The van der Waals surface area contributed by atoms with Crippen molar-refractivity contribution in [2.24, 2.45) is 0 Å². The predicted octanol–water partition coefficient (Wildman–Crippen LogP) is 5.13. The van der Waals surface area contributed by atoms with Crippen LogP contribution in [0.5, 0.6) is 0 Å². The minimum Gasteiger partial charge on any atom is -0.266 e. The Hall–Kier alpha value is -2.10. The van der Waals surface area contributed by atoms with Gasteiger partial charge in [0.1, 0.15) is 11.9 Å². The predicted molar refractivity (Wildman–Crippen MR) is 105 cm³/mol. The van der Waals surface area contributed by atoms with Crippen molar-refractivity contribution in [1.29, 1.82) is 0 Å². The fourth-order valence-electron chi connectivity index (χ4n) is 3.36. The number of amides is 1. The fraction of sp³-hybridized carbons (Fsp3) is 0.286. The molecule has 130 valence electrons. The molecule has 0 radical (unpaired) electrons. The van der Waals surface area contributed by atoms with Gasteiger partial charge in [0.05, 0.1) is 7.05 Å². The quantitative estimate of drug-likeness (QED) is 0.550. The van der Waals surface area contributed by atoms with Gasteiger partial charge in [0.15, 0.2) is 0 Å². The van der Waals surface area contributed by atoms with Gasteiger partial charge in [-0.1, -0.05) is 49.4 Å². The summed E-state index contributed by atoms with van der Waals surface area (Å²) in [6.45, 7) is 4.01. The number of carbonyl (C=O) groups excluding carboxylic acids is 1. The number of hydrogen-bond donors (Lipinski definition) is 0. The summed E-state index contributed by atoms with van der Waals surface area (Å²) in [5.41, 5.74) is 3.14. The molecule has 0 bridgehead atoms. The number of fused-ring (bicyclic) bond motifs is 1. The number of nitrogens with zero attached hydrogens (tertiary/aromatic N) is 2. The third kappa shape index (κ3) is 3.10. The van der Waals surface area contributed by atoms with Gasteiger partial charge in [0.2, 0.25) is 6.04 Å². The average Bonchev–Trinajstić information content (AvgIpc) is 2.66. The minimum atomic E-state index is -0.407. The van der Waals surface area contributed by atoms with E-state index in [1.807, 2.05) is 56.3 Å². The third-order valence-electron chi connectivity index (χ3n) is 5.13. The van der Waals surface area contributed by atoms with Crippen molar-refractivity contribution in [1.82, 2.24) is 8.90 Å². The lowest BCUT2D eigenvalue weighted by atomic mass is 9.92. The molecule has 0 saturated carbocycles. The van der Waals surface area contributed by atoms with Gasteiger partial charge in [-0.25, -0.2) is 4.42 Å². The Morgan fingerprint density at radius 2 is 1.80 bits per heavy atom. The van der Waals surface area contributed by atoms with Crippen molar-refractivity contribution in [3.63, 3.8) is 0 Å². The van der Waals surface area contributed by atoms with Crippen molar-refractivity contribution in [3.05, 3.63) is 71.9 Å². The van der Waals surface area contributed by atoms with Crippen LogP contribution in [0, 0.1) is 0 Å². The van der Waals surface area contributed by atoms with Crippen LogP contribution in [0.1, 0.15) is 37.4 Å². The van der Waals surface area contributed by atoms with E-state index in [0.29, 0.717) is 4.48 Å². The van der Waals surface area contributed by atoms with E-state index in [1.54, 1.807) is 0 Å². The van der Waals surface area contributed by atoms with Crippen molar-refractivity contribution in [3.8, 4) is 0 Å². The van der Waals surface area contributed by atoms with Crippen LogP contribution in [0.2, 0.25) is 0 Å². The standard InChI is InChI=1S/C21H24ClN2O/c1-4-16(2)23(22)21(25)20-19-13-9-8-10-17(19)14-15-24(20,3)18-11-6-5-7-12-18/h5-16,20H,4H2,1-3H3/q+1. The van der Waals surface area contributed by atoms with Crippen LogP contribution in [0.4, 0.5) is 5.69 Å². The zero-order valence-electron chi connectivity index (χ0n) is 14.9. The third-order valence-corrected chi connectivity index (χ3v) is 5.63. The molecule has 25 heavy (non-hydrogen) atoms. The molecular formula is C21H24ClN2O+. The summed E-state index contributed by atoms with van der Waals surface area (Å²) in [7, 11) is 2.06. The normalized spacial score (nSPS) is 23.0. The van der Waals surface area contributed by atoms with E-state index in [0.717, 1.165) is 23.2 Å². The number of rotatable bonds is 4. The molecule has 0 aliphatic carbocycles. The first kappa shape index (κ1) is 17.7. The second-order valence-electron chi connectivity index (χ2n) is 6.74. The smallest absolute Gasteiger partial charge is 0.266 e. The highest BCUT2D eigenvalue weighted by Crippen LogP contribution is 2.41. The molecule has 0 N–H and O–H groups in total. The second kappa shape index (κ2) is 7.03. The first-order valence-corrected chi connectivity index (χ1v) is 9.01. The summed E-state index contributed by atoms with van der Waals surface area (Å²) >= 11 is 6.45. The molecule has 1 heterocycles. The molecule has 0 aromatic heterocycles. The molecule has 2 aromatic rings. The van der Waals surface area contributed by atoms with Crippen LogP contribution >= 0.6 is 11.8 Å². The van der Waals surface area contributed by atoms with Crippen LogP contribution < -0.4 is 4.48 Å². The molecule has 1 amide bonds. The Labute approximate surface area is 154 Å². The van der Waals surface area contributed by atoms with Crippen LogP contribution in [0.15, 0.2) is 60.8 Å². The van der Waals surface area contributed by atoms with Gasteiger partial charge in [0.25, 0.3) is 0 Å². The number of benzene rings is 2. The number of quaternary nitrogens is 1. The molecule has 3 atom stereocenters. The molecule has 4 heteroatoms. The Balaban J connectivity index is 2.14. The van der Waals surface area contributed by atoms with Gasteiger partial charge >= 0.3 is 5.91 Å². The molecule has 1 aliphatic heterocycles. The van der Waals surface area contributed by atoms with Crippen LogP contribution in [-0.2, 0) is 4.79 Å². The SMILES string of the molecule is CCC(C)N(Cl)C(=O)C1c2ccccc2C=C[N+]1(C)c1ccccc1. The molecule has 1 aliphatic rings. The number of hydrogen-bond acceptors (Lipinski definition) is 1. The van der Waals surface area contributed by atoms with Crippen molar-refractivity contribution < 1.29 is 4.79 Å². The molecule has 0 spiro atoms.